The zero-order valence-electron chi connectivity index (χ0n) is 17.3. The number of alkyl halides is 2. The van der Waals surface area contributed by atoms with Gasteiger partial charge in [0.05, 0.1) is 17.9 Å². The number of rotatable bonds is 7. The number of pyridine rings is 1. The lowest BCUT2D eigenvalue weighted by Crippen LogP contribution is -2.36. The van der Waals surface area contributed by atoms with E-state index in [0.717, 1.165) is 42.1 Å². The van der Waals surface area contributed by atoms with Crippen LogP contribution >= 0.6 is 0 Å². The van der Waals surface area contributed by atoms with Crippen LogP contribution < -0.4 is 0 Å². The summed E-state index contributed by atoms with van der Waals surface area (Å²) in [5.74, 6) is -0.586. The van der Waals surface area contributed by atoms with Gasteiger partial charge < -0.3 is 4.90 Å². The summed E-state index contributed by atoms with van der Waals surface area (Å²) in [4.78, 5) is 33.2. The lowest BCUT2D eigenvalue weighted by molar-refractivity contribution is -0.126. The van der Waals surface area contributed by atoms with Gasteiger partial charge in [-0.15, -0.1) is 0 Å². The molecule has 4 rings (SSSR count). The molecular weight excluding hydrogens is 402 g/mol. The third kappa shape index (κ3) is 5.25. The SMILES string of the molecule is O=C1CN(Cc2ccc(-c3cccc(CN4CCCCC4)n3)cc2)C(=O)N1CC(F)F. The first-order chi connectivity index (χ1) is 15.0. The van der Waals surface area contributed by atoms with E-state index >= 15 is 0 Å². The molecule has 2 saturated heterocycles. The molecule has 164 valence electrons. The third-order valence-electron chi connectivity index (χ3n) is 5.71. The minimum atomic E-state index is -2.73. The van der Waals surface area contributed by atoms with Crippen LogP contribution in [0.5, 0.6) is 0 Å². The van der Waals surface area contributed by atoms with Crippen LogP contribution in [0.15, 0.2) is 42.5 Å². The second kappa shape index (κ2) is 9.51. The topological polar surface area (TPSA) is 56.8 Å². The molecule has 1 aromatic heterocycles. The van der Waals surface area contributed by atoms with Crippen LogP contribution in [0, 0.1) is 0 Å². The van der Waals surface area contributed by atoms with E-state index in [-0.39, 0.29) is 13.1 Å². The smallest absolute Gasteiger partial charge is 0.311 e. The van der Waals surface area contributed by atoms with Gasteiger partial charge in [0.1, 0.15) is 6.54 Å². The maximum absolute atomic E-state index is 12.6. The standard InChI is InChI=1S/C23H26F2N4O2/c24-21(25)15-29-22(30)16-28(23(29)31)13-17-7-9-18(10-8-17)20-6-4-5-19(26-20)14-27-11-2-1-3-12-27/h4-10,21H,1-3,11-16H2. The number of hydrogen-bond acceptors (Lipinski definition) is 4. The number of carbonyl (C=O) groups is 2. The number of imide groups is 1. The molecule has 2 aromatic rings. The summed E-state index contributed by atoms with van der Waals surface area (Å²) in [6.07, 6.45) is 1.06. The molecule has 0 aliphatic carbocycles. The van der Waals surface area contributed by atoms with Crippen molar-refractivity contribution >= 4 is 11.9 Å². The quantitative estimate of drug-likeness (QED) is 0.630. The Balaban J connectivity index is 1.40. The van der Waals surface area contributed by atoms with Gasteiger partial charge in [0.2, 0.25) is 0 Å². The number of halogens is 2. The summed E-state index contributed by atoms with van der Waals surface area (Å²) in [7, 11) is 0. The van der Waals surface area contributed by atoms with Crippen molar-refractivity contribution in [2.45, 2.75) is 38.8 Å². The van der Waals surface area contributed by atoms with E-state index in [1.165, 1.54) is 24.2 Å². The molecule has 1 aromatic carbocycles. The van der Waals surface area contributed by atoms with Crippen LogP contribution in [0.2, 0.25) is 0 Å². The zero-order valence-corrected chi connectivity index (χ0v) is 17.3. The highest BCUT2D eigenvalue weighted by Gasteiger charge is 2.37. The number of nitrogens with zero attached hydrogens (tertiary/aromatic N) is 4. The molecule has 2 fully saturated rings. The molecule has 0 N–H and O–H groups in total. The maximum atomic E-state index is 12.6. The highest BCUT2D eigenvalue weighted by molar-refractivity contribution is 6.02. The van der Waals surface area contributed by atoms with E-state index in [1.54, 1.807) is 0 Å². The molecule has 6 nitrogen and oxygen atoms in total. The average molecular weight is 428 g/mol. The van der Waals surface area contributed by atoms with E-state index in [4.69, 9.17) is 4.98 Å². The Morgan fingerprint density at radius 3 is 2.39 bits per heavy atom. The molecule has 0 saturated carbocycles. The van der Waals surface area contributed by atoms with Crippen LogP contribution in [-0.2, 0) is 17.9 Å². The molecular formula is C23H26F2N4O2. The molecule has 2 aliphatic rings. The fourth-order valence-corrected chi connectivity index (χ4v) is 4.11. The second-order valence-electron chi connectivity index (χ2n) is 8.08. The van der Waals surface area contributed by atoms with Crippen molar-refractivity contribution in [1.29, 1.82) is 0 Å². The Morgan fingerprint density at radius 1 is 0.935 bits per heavy atom. The molecule has 0 unspecified atom stereocenters. The van der Waals surface area contributed by atoms with Gasteiger partial charge in [-0.1, -0.05) is 36.8 Å². The predicted molar refractivity (Wildman–Crippen MR) is 112 cm³/mol. The summed E-state index contributed by atoms with van der Waals surface area (Å²) in [5.41, 5.74) is 3.72. The highest BCUT2D eigenvalue weighted by Crippen LogP contribution is 2.21. The maximum Gasteiger partial charge on any atom is 0.327 e. The van der Waals surface area contributed by atoms with Gasteiger partial charge in [0.15, 0.2) is 0 Å². The minimum absolute atomic E-state index is 0.173. The molecule has 0 atom stereocenters. The normalized spacial score (nSPS) is 17.8. The first-order valence-electron chi connectivity index (χ1n) is 10.6. The van der Waals surface area contributed by atoms with Gasteiger partial charge in [-0.2, -0.15) is 0 Å². The Kier molecular flexibility index (Phi) is 6.56. The van der Waals surface area contributed by atoms with Crippen molar-refractivity contribution in [3.63, 3.8) is 0 Å². The van der Waals surface area contributed by atoms with Gasteiger partial charge in [0, 0.05) is 18.7 Å². The van der Waals surface area contributed by atoms with E-state index in [1.807, 2.05) is 42.5 Å². The second-order valence-corrected chi connectivity index (χ2v) is 8.08. The van der Waals surface area contributed by atoms with Gasteiger partial charge >= 0.3 is 6.03 Å². The van der Waals surface area contributed by atoms with Gasteiger partial charge in [-0.3, -0.25) is 19.6 Å². The van der Waals surface area contributed by atoms with Crippen LogP contribution in [0.3, 0.4) is 0 Å². The number of urea groups is 1. The molecule has 2 aliphatic heterocycles. The van der Waals surface area contributed by atoms with Crippen LogP contribution in [0.25, 0.3) is 11.3 Å². The van der Waals surface area contributed by atoms with Gasteiger partial charge in [0.25, 0.3) is 12.3 Å². The number of likely N-dealkylation sites (tertiary alicyclic amines) is 1. The Labute approximate surface area is 180 Å². The first-order valence-corrected chi connectivity index (χ1v) is 10.6. The van der Waals surface area contributed by atoms with Crippen molar-refractivity contribution in [3.8, 4) is 11.3 Å². The lowest BCUT2D eigenvalue weighted by atomic mass is 10.1. The number of hydrogen-bond donors (Lipinski definition) is 0. The average Bonchev–Trinajstić information content (AvgIpc) is 3.02. The molecule has 0 spiro atoms. The van der Waals surface area contributed by atoms with E-state index in [0.29, 0.717) is 4.90 Å². The lowest BCUT2D eigenvalue weighted by Gasteiger charge is -2.26. The van der Waals surface area contributed by atoms with Gasteiger partial charge in [-0.25, -0.2) is 13.6 Å². The largest absolute Gasteiger partial charge is 0.327 e. The Hall–Kier alpha value is -2.87. The summed E-state index contributed by atoms with van der Waals surface area (Å²) in [6.45, 7) is 2.26. The number of carbonyl (C=O) groups excluding carboxylic acids is 2. The van der Waals surface area contributed by atoms with E-state index in [9.17, 15) is 18.4 Å². The minimum Gasteiger partial charge on any atom is -0.311 e. The summed E-state index contributed by atoms with van der Waals surface area (Å²) in [5, 5.41) is 0. The monoisotopic (exact) mass is 428 g/mol. The molecule has 3 amide bonds. The van der Waals surface area contributed by atoms with E-state index in [2.05, 4.69) is 4.90 Å². The summed E-state index contributed by atoms with van der Waals surface area (Å²) in [6, 6.07) is 13.0. The first kappa shape index (κ1) is 21.4. The van der Waals surface area contributed by atoms with Crippen LogP contribution in [0.1, 0.15) is 30.5 Å². The fourth-order valence-electron chi connectivity index (χ4n) is 4.11. The molecule has 0 radical (unpaired) electrons. The Morgan fingerprint density at radius 2 is 1.68 bits per heavy atom. The summed E-state index contributed by atoms with van der Waals surface area (Å²) < 4.78 is 25.2. The zero-order chi connectivity index (χ0) is 21.8. The number of benzene rings is 1. The van der Waals surface area contributed by atoms with Crippen molar-refractivity contribution in [2.75, 3.05) is 26.2 Å². The number of aromatic nitrogens is 1. The number of piperidine rings is 1. The van der Waals surface area contributed by atoms with Crippen molar-refractivity contribution < 1.29 is 18.4 Å². The van der Waals surface area contributed by atoms with Crippen molar-refractivity contribution in [3.05, 3.63) is 53.7 Å². The molecule has 3 heterocycles. The van der Waals surface area contributed by atoms with Crippen molar-refractivity contribution in [2.24, 2.45) is 0 Å². The summed E-state index contributed by atoms with van der Waals surface area (Å²) >= 11 is 0. The van der Waals surface area contributed by atoms with Gasteiger partial charge in [-0.05, 0) is 43.6 Å². The molecule has 0 bridgehead atoms. The predicted octanol–water partition coefficient (Wildman–Crippen LogP) is 3.76. The highest BCUT2D eigenvalue weighted by atomic mass is 19.3. The Bertz CT molecular complexity index is 929. The van der Waals surface area contributed by atoms with Crippen molar-refractivity contribution in [1.82, 2.24) is 19.7 Å². The van der Waals surface area contributed by atoms with E-state index < -0.39 is 24.9 Å². The molecule has 31 heavy (non-hydrogen) atoms. The number of amides is 3. The molecule has 8 heteroatoms. The fraction of sp³-hybridized carbons (Fsp3) is 0.435. The third-order valence-corrected chi connectivity index (χ3v) is 5.71. The van der Waals surface area contributed by atoms with Crippen LogP contribution in [-0.4, -0.2) is 64.2 Å². The van der Waals surface area contributed by atoms with Crippen LogP contribution in [0.4, 0.5) is 13.6 Å².